The van der Waals surface area contributed by atoms with Crippen LogP contribution in [0.4, 0.5) is 10.1 Å². The molecule has 1 saturated heterocycles. The minimum absolute atomic E-state index is 0.0521. The van der Waals surface area contributed by atoms with E-state index in [4.69, 9.17) is 16.6 Å². The number of carbonyl (C=O) groups excluding carboxylic acids is 2. The van der Waals surface area contributed by atoms with Gasteiger partial charge in [0.1, 0.15) is 17.2 Å². The molecule has 1 N–H and O–H groups in total. The smallest absolute Gasteiger partial charge is 0.270 e. The number of rotatable bonds is 3. The monoisotopic (exact) mass is 342 g/mol. The summed E-state index contributed by atoms with van der Waals surface area (Å²) in [6.45, 7) is 0. The number of nitrogens with zero attached hydrogens (tertiary/aromatic N) is 1. The first-order valence-electron chi connectivity index (χ1n) is 6.93. The van der Waals surface area contributed by atoms with Gasteiger partial charge in [0.2, 0.25) is 0 Å². The van der Waals surface area contributed by atoms with E-state index in [0.29, 0.717) is 11.4 Å². The Bertz CT molecular complexity index is 854. The lowest BCUT2D eigenvalue weighted by Gasteiger charge is -2.28. The molecule has 1 aliphatic heterocycles. The predicted octanol–water partition coefficient (Wildman–Crippen LogP) is 2.81. The van der Waals surface area contributed by atoms with Crippen molar-refractivity contribution >= 4 is 40.9 Å². The van der Waals surface area contributed by atoms with Gasteiger partial charge in [0, 0.05) is 0 Å². The number of nitrogens with one attached hydrogen (secondary N) is 1. The maximum atomic E-state index is 13.1. The highest BCUT2D eigenvalue weighted by atomic mass is 32.1. The van der Waals surface area contributed by atoms with Gasteiger partial charge in [-0.15, -0.1) is 0 Å². The molecule has 0 radical (unpaired) electrons. The first kappa shape index (κ1) is 15.8. The number of benzene rings is 1. The molecule has 120 valence electrons. The summed E-state index contributed by atoms with van der Waals surface area (Å²) in [7, 11) is 0. The number of allylic oxidation sites excluding steroid dienone is 2. The first-order valence-corrected chi connectivity index (χ1v) is 7.34. The molecular formula is C17H11FN2O3S. The molecule has 1 aliphatic rings. The SMILES string of the molecule is O=C1NC(=S)N(c2ccc(F)cc2)C(=O)/C1=C\C=C\c1ccco1. The first-order chi connectivity index (χ1) is 11.6. The number of amides is 2. The van der Waals surface area contributed by atoms with Crippen LogP contribution in [0.1, 0.15) is 5.76 Å². The second-order valence-electron chi connectivity index (χ2n) is 4.83. The van der Waals surface area contributed by atoms with Crippen LogP contribution in [-0.4, -0.2) is 16.9 Å². The minimum Gasteiger partial charge on any atom is -0.465 e. The Morgan fingerprint density at radius 2 is 1.92 bits per heavy atom. The molecule has 2 aromatic rings. The second-order valence-corrected chi connectivity index (χ2v) is 5.22. The molecule has 2 amide bonds. The summed E-state index contributed by atoms with van der Waals surface area (Å²) in [5.41, 5.74) is 0.281. The lowest BCUT2D eigenvalue weighted by atomic mass is 10.1. The molecule has 0 bridgehead atoms. The van der Waals surface area contributed by atoms with Crippen molar-refractivity contribution in [1.29, 1.82) is 0 Å². The summed E-state index contributed by atoms with van der Waals surface area (Å²) in [6, 6.07) is 8.70. The van der Waals surface area contributed by atoms with Crippen molar-refractivity contribution in [3.63, 3.8) is 0 Å². The number of thiocarbonyl (C=S) groups is 1. The van der Waals surface area contributed by atoms with E-state index in [0.717, 1.165) is 4.90 Å². The maximum absolute atomic E-state index is 13.1. The fraction of sp³-hybridized carbons (Fsp3) is 0. The zero-order valence-electron chi connectivity index (χ0n) is 12.2. The minimum atomic E-state index is -0.590. The molecule has 0 atom stereocenters. The van der Waals surface area contributed by atoms with Gasteiger partial charge in [0.25, 0.3) is 11.8 Å². The summed E-state index contributed by atoms with van der Waals surface area (Å²) >= 11 is 5.05. The van der Waals surface area contributed by atoms with Crippen molar-refractivity contribution < 1.29 is 18.4 Å². The number of carbonyl (C=O) groups is 2. The number of furan rings is 1. The van der Waals surface area contributed by atoms with Crippen molar-refractivity contribution in [2.45, 2.75) is 0 Å². The number of hydrogen-bond donors (Lipinski definition) is 1. The van der Waals surface area contributed by atoms with Gasteiger partial charge in [-0.3, -0.25) is 19.8 Å². The number of halogens is 1. The fourth-order valence-electron chi connectivity index (χ4n) is 2.13. The lowest BCUT2D eigenvalue weighted by molar-refractivity contribution is -0.122. The third-order valence-electron chi connectivity index (χ3n) is 3.25. The van der Waals surface area contributed by atoms with Gasteiger partial charge in [0.15, 0.2) is 5.11 Å². The van der Waals surface area contributed by atoms with Crippen molar-refractivity contribution in [3.8, 4) is 0 Å². The summed E-state index contributed by atoms with van der Waals surface area (Å²) in [5.74, 6) is -1.02. The highest BCUT2D eigenvalue weighted by Crippen LogP contribution is 2.21. The average molecular weight is 342 g/mol. The average Bonchev–Trinajstić information content (AvgIpc) is 3.05. The molecule has 2 heterocycles. The van der Waals surface area contributed by atoms with Crippen molar-refractivity contribution in [2.24, 2.45) is 0 Å². The molecule has 1 fully saturated rings. The van der Waals surface area contributed by atoms with E-state index in [1.165, 1.54) is 42.7 Å². The maximum Gasteiger partial charge on any atom is 0.270 e. The summed E-state index contributed by atoms with van der Waals surface area (Å²) in [4.78, 5) is 25.7. The van der Waals surface area contributed by atoms with Crippen molar-refractivity contribution in [1.82, 2.24) is 5.32 Å². The highest BCUT2D eigenvalue weighted by molar-refractivity contribution is 7.80. The van der Waals surface area contributed by atoms with E-state index in [-0.39, 0.29) is 10.7 Å². The zero-order chi connectivity index (χ0) is 17.1. The fourth-order valence-corrected chi connectivity index (χ4v) is 2.41. The second kappa shape index (κ2) is 6.59. The van der Waals surface area contributed by atoms with Crippen LogP contribution in [0.5, 0.6) is 0 Å². The van der Waals surface area contributed by atoms with Crippen LogP contribution in [-0.2, 0) is 9.59 Å². The Labute approximate surface area is 142 Å². The van der Waals surface area contributed by atoms with Crippen LogP contribution in [0, 0.1) is 5.82 Å². The molecule has 0 spiro atoms. The Morgan fingerprint density at radius 3 is 2.58 bits per heavy atom. The van der Waals surface area contributed by atoms with Gasteiger partial charge < -0.3 is 4.42 Å². The van der Waals surface area contributed by atoms with Crippen LogP contribution >= 0.6 is 12.2 Å². The van der Waals surface area contributed by atoms with Gasteiger partial charge in [-0.25, -0.2) is 4.39 Å². The molecular weight excluding hydrogens is 331 g/mol. The lowest BCUT2D eigenvalue weighted by Crippen LogP contribution is -2.54. The topological polar surface area (TPSA) is 62.6 Å². The van der Waals surface area contributed by atoms with Gasteiger partial charge in [0.05, 0.1) is 12.0 Å². The Morgan fingerprint density at radius 1 is 1.17 bits per heavy atom. The molecule has 1 aromatic carbocycles. The van der Waals surface area contributed by atoms with E-state index in [1.54, 1.807) is 18.2 Å². The van der Waals surface area contributed by atoms with Crippen LogP contribution in [0.15, 0.2) is 64.8 Å². The van der Waals surface area contributed by atoms with E-state index in [9.17, 15) is 14.0 Å². The Balaban J connectivity index is 1.89. The quantitative estimate of drug-likeness (QED) is 0.529. The van der Waals surface area contributed by atoms with Gasteiger partial charge in [-0.1, -0.05) is 6.08 Å². The molecule has 24 heavy (non-hydrogen) atoms. The van der Waals surface area contributed by atoms with Gasteiger partial charge in [-0.05, 0) is 60.8 Å². The molecule has 5 nitrogen and oxygen atoms in total. The molecule has 7 heteroatoms. The largest absolute Gasteiger partial charge is 0.465 e. The van der Waals surface area contributed by atoms with Crippen LogP contribution < -0.4 is 10.2 Å². The molecule has 1 aromatic heterocycles. The standard InChI is InChI=1S/C17H11FN2O3S/c18-11-6-8-12(9-7-11)20-16(22)14(15(21)19-17(20)24)5-1-3-13-4-2-10-23-13/h1-10H,(H,19,21,24)/b3-1+,14-5-. The predicted molar refractivity (Wildman–Crippen MR) is 90.5 cm³/mol. The Kier molecular flexibility index (Phi) is 4.35. The summed E-state index contributed by atoms with van der Waals surface area (Å²) in [6.07, 6.45) is 6.03. The van der Waals surface area contributed by atoms with Crippen molar-refractivity contribution in [3.05, 3.63) is 72.0 Å². The van der Waals surface area contributed by atoms with E-state index >= 15 is 0 Å². The van der Waals surface area contributed by atoms with Crippen LogP contribution in [0.3, 0.4) is 0 Å². The molecule has 0 unspecified atom stereocenters. The highest BCUT2D eigenvalue weighted by Gasteiger charge is 2.34. The summed E-state index contributed by atoms with van der Waals surface area (Å²) < 4.78 is 18.2. The zero-order valence-corrected chi connectivity index (χ0v) is 13.0. The van der Waals surface area contributed by atoms with E-state index < -0.39 is 17.6 Å². The normalized spacial score (nSPS) is 17.0. The Hall–Kier alpha value is -3.06. The van der Waals surface area contributed by atoms with Crippen molar-refractivity contribution in [2.75, 3.05) is 4.90 Å². The van der Waals surface area contributed by atoms with E-state index in [2.05, 4.69) is 5.32 Å². The van der Waals surface area contributed by atoms with Crippen LogP contribution in [0.25, 0.3) is 6.08 Å². The van der Waals surface area contributed by atoms with Crippen LogP contribution in [0.2, 0.25) is 0 Å². The number of anilines is 1. The van der Waals surface area contributed by atoms with Gasteiger partial charge in [-0.2, -0.15) is 0 Å². The van der Waals surface area contributed by atoms with E-state index in [1.807, 2.05) is 0 Å². The molecule has 3 rings (SSSR count). The molecule has 0 saturated carbocycles. The number of hydrogen-bond acceptors (Lipinski definition) is 4. The third kappa shape index (κ3) is 3.16. The molecule has 0 aliphatic carbocycles. The summed E-state index contributed by atoms with van der Waals surface area (Å²) in [5, 5.41) is 2.39. The van der Waals surface area contributed by atoms with Gasteiger partial charge >= 0.3 is 0 Å². The third-order valence-corrected chi connectivity index (χ3v) is 3.54.